The number of ether oxygens (including phenoxy) is 1. The van der Waals surface area contributed by atoms with Crippen LogP contribution < -0.4 is 10.6 Å². The second kappa shape index (κ2) is 8.45. The first kappa shape index (κ1) is 19.1. The summed E-state index contributed by atoms with van der Waals surface area (Å²) in [7, 11) is 0. The molecule has 0 radical (unpaired) electrons. The lowest BCUT2D eigenvalue weighted by Crippen LogP contribution is -2.54. The highest BCUT2D eigenvalue weighted by Crippen LogP contribution is 2.24. The van der Waals surface area contributed by atoms with Gasteiger partial charge in [-0.25, -0.2) is 4.98 Å². The number of likely N-dealkylation sites (tertiary alicyclic amines) is 1. The number of primary amides is 1. The Morgan fingerprint density at radius 3 is 2.46 bits per heavy atom. The number of amides is 2. The van der Waals surface area contributed by atoms with Crippen molar-refractivity contribution in [2.24, 2.45) is 5.73 Å². The maximum Gasteiger partial charge on any atom is 0.252 e. The topological polar surface area (TPSA) is 92.0 Å². The van der Waals surface area contributed by atoms with E-state index in [1.807, 2.05) is 4.90 Å². The number of nitrogens with two attached hydrogens (primary N) is 1. The zero-order valence-corrected chi connectivity index (χ0v) is 16.3. The van der Waals surface area contributed by atoms with Crippen LogP contribution in [-0.4, -0.2) is 84.6 Å². The average Bonchev–Trinajstić information content (AvgIpc) is 3.28. The molecule has 1 aromatic rings. The van der Waals surface area contributed by atoms with Gasteiger partial charge in [-0.15, -0.1) is 0 Å². The summed E-state index contributed by atoms with van der Waals surface area (Å²) in [6, 6.07) is 3.98. The summed E-state index contributed by atoms with van der Waals surface area (Å²) in [6.45, 7) is 5.85. The lowest BCUT2D eigenvalue weighted by molar-refractivity contribution is -0.142. The van der Waals surface area contributed by atoms with Gasteiger partial charge in [-0.3, -0.25) is 14.5 Å². The molecule has 1 atom stereocenters. The van der Waals surface area contributed by atoms with E-state index in [0.29, 0.717) is 24.0 Å². The lowest BCUT2D eigenvalue weighted by atomic mass is 10.0. The smallest absolute Gasteiger partial charge is 0.252 e. The van der Waals surface area contributed by atoms with Gasteiger partial charge >= 0.3 is 0 Å². The van der Waals surface area contributed by atoms with Gasteiger partial charge in [-0.2, -0.15) is 0 Å². The molecule has 3 aliphatic rings. The van der Waals surface area contributed by atoms with Crippen LogP contribution in [0.4, 0.5) is 5.82 Å². The Balaban J connectivity index is 1.28. The van der Waals surface area contributed by atoms with E-state index < -0.39 is 5.91 Å². The van der Waals surface area contributed by atoms with Gasteiger partial charge in [0.15, 0.2) is 0 Å². The summed E-state index contributed by atoms with van der Waals surface area (Å²) >= 11 is 0. The third-order valence-corrected chi connectivity index (χ3v) is 6.16. The number of pyridine rings is 1. The monoisotopic (exact) mass is 387 g/mol. The molecule has 2 amide bonds. The van der Waals surface area contributed by atoms with Gasteiger partial charge in [-0.05, 0) is 37.8 Å². The molecule has 8 heteroatoms. The van der Waals surface area contributed by atoms with E-state index in [1.54, 1.807) is 18.3 Å². The van der Waals surface area contributed by atoms with Crippen LogP contribution in [0.15, 0.2) is 18.3 Å². The zero-order chi connectivity index (χ0) is 19.5. The SMILES string of the molecule is NC(=O)c1cccnc1N1CCN(C2CCN(C(=O)C3CCCO3)CC2)CC1. The van der Waals surface area contributed by atoms with E-state index in [4.69, 9.17) is 10.5 Å². The van der Waals surface area contributed by atoms with Gasteiger partial charge in [0, 0.05) is 58.1 Å². The first-order valence-electron chi connectivity index (χ1n) is 10.3. The summed E-state index contributed by atoms with van der Waals surface area (Å²) in [6.07, 6.45) is 5.36. The first-order chi connectivity index (χ1) is 13.6. The predicted molar refractivity (Wildman–Crippen MR) is 105 cm³/mol. The van der Waals surface area contributed by atoms with E-state index >= 15 is 0 Å². The van der Waals surface area contributed by atoms with Crippen molar-refractivity contribution in [1.82, 2.24) is 14.8 Å². The normalized spacial score (nSPS) is 24.5. The second-order valence-corrected chi connectivity index (χ2v) is 7.82. The predicted octanol–water partition coefficient (Wildman–Crippen LogP) is 0.473. The average molecular weight is 387 g/mol. The molecular formula is C20H29N5O3. The summed E-state index contributed by atoms with van der Waals surface area (Å²) < 4.78 is 5.55. The molecule has 4 heterocycles. The van der Waals surface area contributed by atoms with Crippen molar-refractivity contribution < 1.29 is 14.3 Å². The minimum absolute atomic E-state index is 0.176. The number of piperazine rings is 1. The molecule has 1 unspecified atom stereocenters. The maximum absolute atomic E-state index is 12.5. The van der Waals surface area contributed by atoms with Gasteiger partial charge < -0.3 is 20.3 Å². The molecule has 3 fully saturated rings. The minimum Gasteiger partial charge on any atom is -0.368 e. The number of rotatable bonds is 4. The fraction of sp³-hybridized carbons (Fsp3) is 0.650. The fourth-order valence-corrected chi connectivity index (χ4v) is 4.57. The molecule has 8 nitrogen and oxygen atoms in total. The molecule has 4 rings (SSSR count). The molecular weight excluding hydrogens is 358 g/mol. The number of nitrogens with zero attached hydrogens (tertiary/aromatic N) is 4. The molecule has 2 N–H and O–H groups in total. The van der Waals surface area contributed by atoms with E-state index in [0.717, 1.165) is 65.0 Å². The van der Waals surface area contributed by atoms with Crippen molar-refractivity contribution in [3.05, 3.63) is 23.9 Å². The third kappa shape index (κ3) is 3.98. The lowest BCUT2D eigenvalue weighted by Gasteiger charge is -2.43. The Hall–Kier alpha value is -2.19. The van der Waals surface area contributed by atoms with Crippen LogP contribution in [0.2, 0.25) is 0 Å². The molecule has 1 aromatic heterocycles. The highest BCUT2D eigenvalue weighted by molar-refractivity contribution is 5.97. The number of carbonyl (C=O) groups excluding carboxylic acids is 2. The number of anilines is 1. The number of piperidine rings is 1. The van der Waals surface area contributed by atoms with Gasteiger partial charge in [-0.1, -0.05) is 0 Å². The van der Waals surface area contributed by atoms with Gasteiger partial charge in [0.25, 0.3) is 11.8 Å². The zero-order valence-electron chi connectivity index (χ0n) is 16.3. The van der Waals surface area contributed by atoms with Crippen LogP contribution in [0.3, 0.4) is 0 Å². The molecule has 0 saturated carbocycles. The summed E-state index contributed by atoms with van der Waals surface area (Å²) in [4.78, 5) is 35.2. The van der Waals surface area contributed by atoms with Crippen LogP contribution >= 0.6 is 0 Å². The molecule has 0 spiro atoms. The summed E-state index contributed by atoms with van der Waals surface area (Å²) in [5.41, 5.74) is 5.97. The van der Waals surface area contributed by atoms with Crippen molar-refractivity contribution in [3.8, 4) is 0 Å². The molecule has 28 heavy (non-hydrogen) atoms. The number of carbonyl (C=O) groups is 2. The van der Waals surface area contributed by atoms with Crippen LogP contribution in [0, 0.1) is 0 Å². The molecule has 3 saturated heterocycles. The van der Waals surface area contributed by atoms with Crippen molar-refractivity contribution in [2.75, 3.05) is 50.8 Å². The molecule has 0 aliphatic carbocycles. The number of hydrogen-bond donors (Lipinski definition) is 1. The third-order valence-electron chi connectivity index (χ3n) is 6.16. The maximum atomic E-state index is 12.5. The Morgan fingerprint density at radius 1 is 1.07 bits per heavy atom. The quantitative estimate of drug-likeness (QED) is 0.808. The Bertz CT molecular complexity index is 706. The Labute approximate surface area is 165 Å². The van der Waals surface area contributed by atoms with Gasteiger partial charge in [0.2, 0.25) is 0 Å². The van der Waals surface area contributed by atoms with Crippen molar-refractivity contribution in [1.29, 1.82) is 0 Å². The largest absolute Gasteiger partial charge is 0.368 e. The Morgan fingerprint density at radius 2 is 1.82 bits per heavy atom. The highest BCUT2D eigenvalue weighted by atomic mass is 16.5. The van der Waals surface area contributed by atoms with E-state index in [2.05, 4.69) is 14.8 Å². The summed E-state index contributed by atoms with van der Waals surface area (Å²) in [5.74, 6) is 0.426. The molecule has 0 aromatic carbocycles. The van der Waals surface area contributed by atoms with Gasteiger partial charge in [0.1, 0.15) is 11.9 Å². The molecule has 152 valence electrons. The molecule has 0 bridgehead atoms. The van der Waals surface area contributed by atoms with Crippen LogP contribution in [-0.2, 0) is 9.53 Å². The van der Waals surface area contributed by atoms with Crippen molar-refractivity contribution >= 4 is 17.6 Å². The van der Waals surface area contributed by atoms with Crippen LogP contribution in [0.1, 0.15) is 36.0 Å². The van der Waals surface area contributed by atoms with E-state index in [1.165, 1.54) is 0 Å². The van der Waals surface area contributed by atoms with Crippen molar-refractivity contribution in [2.45, 2.75) is 37.8 Å². The first-order valence-corrected chi connectivity index (χ1v) is 10.3. The summed E-state index contributed by atoms with van der Waals surface area (Å²) in [5, 5.41) is 0. The van der Waals surface area contributed by atoms with E-state index in [9.17, 15) is 9.59 Å². The highest BCUT2D eigenvalue weighted by Gasteiger charge is 2.33. The van der Waals surface area contributed by atoms with E-state index in [-0.39, 0.29) is 12.0 Å². The standard InChI is InChI=1S/C20H29N5O3/c21-18(26)16-3-1-7-22-19(16)24-12-10-23(11-13-24)15-5-8-25(9-6-15)20(27)17-4-2-14-28-17/h1,3,7,15,17H,2,4-6,8-14H2,(H2,21,26). The number of hydrogen-bond acceptors (Lipinski definition) is 6. The second-order valence-electron chi connectivity index (χ2n) is 7.82. The fourth-order valence-electron chi connectivity index (χ4n) is 4.57. The molecule has 3 aliphatic heterocycles. The Kier molecular flexibility index (Phi) is 5.77. The van der Waals surface area contributed by atoms with Gasteiger partial charge in [0.05, 0.1) is 5.56 Å². The van der Waals surface area contributed by atoms with Crippen LogP contribution in [0.5, 0.6) is 0 Å². The van der Waals surface area contributed by atoms with Crippen molar-refractivity contribution in [3.63, 3.8) is 0 Å². The minimum atomic E-state index is -0.436. The van der Waals surface area contributed by atoms with Crippen LogP contribution in [0.25, 0.3) is 0 Å². The number of aromatic nitrogens is 1.